The molecule has 0 heterocycles. The topological polar surface area (TPSA) is 38.5 Å². The molecule has 3 nitrogen and oxygen atoms in total. The quantitative estimate of drug-likeness (QED) is 0.609. The van der Waals surface area contributed by atoms with Crippen molar-refractivity contribution in [3.8, 4) is 0 Å². The predicted octanol–water partition coefficient (Wildman–Crippen LogP) is 3.18. The number of rotatable bonds is 6. The summed E-state index contributed by atoms with van der Waals surface area (Å²) in [6, 6.07) is 6.15. The Balaban J connectivity index is 2.95. The zero-order valence-corrected chi connectivity index (χ0v) is 11.4. The number of anilines is 2. The molecule has 96 valence electrons. The van der Waals surface area contributed by atoms with Crippen LogP contribution in [0.5, 0.6) is 0 Å². The van der Waals surface area contributed by atoms with Gasteiger partial charge in [0.05, 0.1) is 0 Å². The highest BCUT2D eigenvalue weighted by Crippen LogP contribution is 2.23. The molecular weight excluding hydrogens is 212 g/mol. The molecule has 0 aliphatic rings. The molecule has 1 aromatic carbocycles. The summed E-state index contributed by atoms with van der Waals surface area (Å²) in [5.74, 6) is 0. The molecule has 0 aromatic heterocycles. The lowest BCUT2D eigenvalue weighted by atomic mass is 10.1. The smallest absolute Gasteiger partial charge is 0.129 e. The largest absolute Gasteiger partial charge is 0.399 e. The summed E-state index contributed by atoms with van der Waals surface area (Å²) in [4.78, 5) is 2.27. The van der Waals surface area contributed by atoms with Crippen LogP contribution in [0.15, 0.2) is 18.2 Å². The van der Waals surface area contributed by atoms with Gasteiger partial charge in [0.1, 0.15) is 6.23 Å². The highest BCUT2D eigenvalue weighted by atomic mass is 16.5. The minimum absolute atomic E-state index is 0.146. The van der Waals surface area contributed by atoms with Crippen molar-refractivity contribution in [2.45, 2.75) is 39.8 Å². The molecule has 1 rings (SSSR count). The van der Waals surface area contributed by atoms with Gasteiger partial charge in [-0.1, -0.05) is 13.3 Å². The van der Waals surface area contributed by atoms with Crippen LogP contribution in [0, 0.1) is 6.92 Å². The van der Waals surface area contributed by atoms with Crippen molar-refractivity contribution in [2.75, 3.05) is 24.3 Å². The van der Waals surface area contributed by atoms with Crippen LogP contribution < -0.4 is 10.6 Å². The van der Waals surface area contributed by atoms with Gasteiger partial charge in [0.25, 0.3) is 0 Å². The van der Waals surface area contributed by atoms with Gasteiger partial charge in [-0.05, 0) is 44.0 Å². The van der Waals surface area contributed by atoms with Gasteiger partial charge in [-0.15, -0.1) is 0 Å². The molecule has 2 N–H and O–H groups in total. The van der Waals surface area contributed by atoms with Crippen LogP contribution in [0.3, 0.4) is 0 Å². The first-order chi connectivity index (χ1) is 8.13. The van der Waals surface area contributed by atoms with Gasteiger partial charge >= 0.3 is 0 Å². The van der Waals surface area contributed by atoms with Crippen molar-refractivity contribution in [1.82, 2.24) is 0 Å². The number of ether oxygens (including phenoxy) is 1. The SMILES string of the molecule is CCCC(OC)N(CC)c1ccc(N)c(C)c1. The van der Waals surface area contributed by atoms with Gasteiger partial charge in [-0.3, -0.25) is 0 Å². The third-order valence-corrected chi connectivity index (χ3v) is 3.08. The number of methoxy groups -OCH3 is 1. The van der Waals surface area contributed by atoms with E-state index < -0.39 is 0 Å². The molecule has 17 heavy (non-hydrogen) atoms. The van der Waals surface area contributed by atoms with Crippen LogP contribution in [0.4, 0.5) is 11.4 Å². The Bertz CT molecular complexity index is 352. The van der Waals surface area contributed by atoms with Crippen LogP contribution in [0.2, 0.25) is 0 Å². The zero-order chi connectivity index (χ0) is 12.8. The van der Waals surface area contributed by atoms with E-state index >= 15 is 0 Å². The van der Waals surface area contributed by atoms with Crippen molar-refractivity contribution in [2.24, 2.45) is 0 Å². The highest BCUT2D eigenvalue weighted by Gasteiger charge is 2.16. The number of benzene rings is 1. The van der Waals surface area contributed by atoms with Gasteiger partial charge in [-0.25, -0.2) is 0 Å². The van der Waals surface area contributed by atoms with E-state index in [1.165, 1.54) is 5.69 Å². The summed E-state index contributed by atoms with van der Waals surface area (Å²) in [6.07, 6.45) is 2.30. The second-order valence-electron chi connectivity index (χ2n) is 4.31. The Labute approximate surface area is 105 Å². The lowest BCUT2D eigenvalue weighted by Crippen LogP contribution is -2.36. The van der Waals surface area contributed by atoms with Crippen molar-refractivity contribution in [3.05, 3.63) is 23.8 Å². The lowest BCUT2D eigenvalue weighted by Gasteiger charge is -2.31. The van der Waals surface area contributed by atoms with Gasteiger partial charge in [0.2, 0.25) is 0 Å². The van der Waals surface area contributed by atoms with Gasteiger partial charge in [0, 0.05) is 25.0 Å². The van der Waals surface area contributed by atoms with E-state index in [1.54, 1.807) is 7.11 Å². The average molecular weight is 236 g/mol. The maximum atomic E-state index is 5.85. The highest BCUT2D eigenvalue weighted by molar-refractivity contribution is 5.58. The molecule has 3 heteroatoms. The molecule has 1 unspecified atom stereocenters. The number of aryl methyl sites for hydroxylation is 1. The summed E-state index contributed by atoms with van der Waals surface area (Å²) in [5, 5.41) is 0. The molecule has 1 atom stereocenters. The minimum Gasteiger partial charge on any atom is -0.399 e. The van der Waals surface area contributed by atoms with Gasteiger partial charge in [-0.2, -0.15) is 0 Å². The standard InChI is InChI=1S/C14H24N2O/c1-5-7-14(17-4)16(6-2)12-8-9-13(15)11(3)10-12/h8-10,14H,5-7,15H2,1-4H3. The van der Waals surface area contributed by atoms with Crippen LogP contribution >= 0.6 is 0 Å². The van der Waals surface area contributed by atoms with E-state index in [1.807, 2.05) is 13.0 Å². The average Bonchev–Trinajstić information content (AvgIpc) is 2.33. The second-order valence-corrected chi connectivity index (χ2v) is 4.31. The van der Waals surface area contributed by atoms with Crippen molar-refractivity contribution < 1.29 is 4.74 Å². The van der Waals surface area contributed by atoms with Crippen LogP contribution in [-0.4, -0.2) is 19.9 Å². The fourth-order valence-electron chi connectivity index (χ4n) is 2.04. The van der Waals surface area contributed by atoms with E-state index in [9.17, 15) is 0 Å². The molecule has 0 saturated heterocycles. The minimum atomic E-state index is 0.146. The Morgan fingerprint density at radius 3 is 2.53 bits per heavy atom. The van der Waals surface area contributed by atoms with Crippen LogP contribution in [-0.2, 0) is 4.74 Å². The Morgan fingerprint density at radius 1 is 1.35 bits per heavy atom. The Kier molecular flexibility index (Phi) is 5.29. The number of nitrogen functional groups attached to an aromatic ring is 1. The van der Waals surface area contributed by atoms with Crippen molar-refractivity contribution in [3.63, 3.8) is 0 Å². The first kappa shape index (κ1) is 13.8. The molecule has 1 aromatic rings. The number of hydrogen-bond acceptors (Lipinski definition) is 3. The molecular formula is C14H24N2O. The first-order valence-electron chi connectivity index (χ1n) is 6.29. The molecule has 0 bridgehead atoms. The summed E-state index contributed by atoms with van der Waals surface area (Å²) >= 11 is 0. The van der Waals surface area contributed by atoms with E-state index in [2.05, 4.69) is 30.9 Å². The third-order valence-electron chi connectivity index (χ3n) is 3.08. The fraction of sp³-hybridized carbons (Fsp3) is 0.571. The second kappa shape index (κ2) is 6.50. The molecule has 0 radical (unpaired) electrons. The zero-order valence-electron chi connectivity index (χ0n) is 11.4. The van der Waals surface area contributed by atoms with Crippen LogP contribution in [0.1, 0.15) is 32.3 Å². The first-order valence-corrected chi connectivity index (χ1v) is 6.29. The molecule has 0 aliphatic heterocycles. The van der Waals surface area contributed by atoms with E-state index in [4.69, 9.17) is 10.5 Å². The van der Waals surface area contributed by atoms with Crippen molar-refractivity contribution in [1.29, 1.82) is 0 Å². The molecule has 0 fully saturated rings. The summed E-state index contributed by atoms with van der Waals surface area (Å²) in [7, 11) is 1.77. The fourth-order valence-corrected chi connectivity index (χ4v) is 2.04. The van der Waals surface area contributed by atoms with E-state index in [-0.39, 0.29) is 6.23 Å². The normalized spacial score (nSPS) is 12.5. The van der Waals surface area contributed by atoms with E-state index in [0.29, 0.717) is 0 Å². The predicted molar refractivity (Wildman–Crippen MR) is 74.3 cm³/mol. The molecule has 0 amide bonds. The molecule has 0 aliphatic carbocycles. The van der Waals surface area contributed by atoms with Crippen molar-refractivity contribution >= 4 is 11.4 Å². The van der Waals surface area contributed by atoms with E-state index in [0.717, 1.165) is 30.6 Å². The molecule has 0 spiro atoms. The maximum absolute atomic E-state index is 5.85. The van der Waals surface area contributed by atoms with Crippen LogP contribution in [0.25, 0.3) is 0 Å². The summed E-state index contributed by atoms with van der Waals surface area (Å²) in [6.45, 7) is 7.29. The van der Waals surface area contributed by atoms with Gasteiger partial charge in [0.15, 0.2) is 0 Å². The number of nitrogens with two attached hydrogens (primary N) is 1. The monoisotopic (exact) mass is 236 g/mol. The summed E-state index contributed by atoms with van der Waals surface area (Å²) in [5.41, 5.74) is 8.99. The number of hydrogen-bond donors (Lipinski definition) is 1. The number of nitrogens with zero attached hydrogens (tertiary/aromatic N) is 1. The maximum Gasteiger partial charge on any atom is 0.129 e. The lowest BCUT2D eigenvalue weighted by molar-refractivity contribution is 0.0917. The molecule has 0 saturated carbocycles. The Hall–Kier alpha value is -1.22. The van der Waals surface area contributed by atoms with Gasteiger partial charge < -0.3 is 15.4 Å². The Morgan fingerprint density at radius 2 is 2.06 bits per heavy atom. The third kappa shape index (κ3) is 3.37. The summed E-state index contributed by atoms with van der Waals surface area (Å²) < 4.78 is 5.56.